The second-order valence-corrected chi connectivity index (χ2v) is 7.82. The fourth-order valence-corrected chi connectivity index (χ4v) is 3.38. The number of hydrogen-bond acceptors (Lipinski definition) is 7. The lowest BCUT2D eigenvalue weighted by Crippen LogP contribution is -2.27. The average molecular weight is 466 g/mol. The first-order chi connectivity index (χ1) is 15.2. The van der Waals surface area contributed by atoms with Gasteiger partial charge in [-0.3, -0.25) is 9.35 Å². The van der Waals surface area contributed by atoms with Gasteiger partial charge < -0.3 is 23.8 Å². The van der Waals surface area contributed by atoms with Gasteiger partial charge in [-0.15, -0.1) is 0 Å². The van der Waals surface area contributed by atoms with Gasteiger partial charge in [0.05, 0.1) is 12.3 Å². The second kappa shape index (κ2) is 12.3. The first-order valence-electron chi connectivity index (χ1n) is 10.0. The summed E-state index contributed by atoms with van der Waals surface area (Å²) in [6.07, 6.45) is -0.0113. The van der Waals surface area contributed by atoms with Gasteiger partial charge in [0.2, 0.25) is 5.91 Å². The smallest absolute Gasteiger partial charge is 0.357 e. The molecule has 0 bridgehead atoms. The van der Waals surface area contributed by atoms with Crippen molar-refractivity contribution in [2.45, 2.75) is 39.2 Å². The fourth-order valence-electron chi connectivity index (χ4n) is 3.09. The maximum absolute atomic E-state index is 13.0. The molecule has 3 unspecified atom stereocenters. The molecule has 2 N–H and O–H groups in total. The molecule has 0 aliphatic rings. The van der Waals surface area contributed by atoms with Gasteiger partial charge in [-0.1, -0.05) is 24.3 Å². The number of benzene rings is 2. The van der Waals surface area contributed by atoms with E-state index in [0.717, 1.165) is 0 Å². The molecule has 0 radical (unpaired) electrons. The predicted octanol–water partition coefficient (Wildman–Crippen LogP) is 3.25. The minimum atomic E-state index is -2.53. The van der Waals surface area contributed by atoms with E-state index in [1.807, 2.05) is 0 Å². The molecule has 0 spiro atoms. The Morgan fingerprint density at radius 2 is 1.81 bits per heavy atom. The zero-order chi connectivity index (χ0) is 23.7. The van der Waals surface area contributed by atoms with Gasteiger partial charge in [-0.25, -0.2) is 4.79 Å². The van der Waals surface area contributed by atoms with Crippen molar-refractivity contribution in [2.75, 3.05) is 19.0 Å². The van der Waals surface area contributed by atoms with Crippen LogP contribution in [-0.4, -0.2) is 46.2 Å². The zero-order valence-corrected chi connectivity index (χ0v) is 19.0. The number of fused-ring (bicyclic) bond motifs is 1. The largest absolute Gasteiger partial charge is 0.464 e. The van der Waals surface area contributed by atoms with Crippen molar-refractivity contribution in [1.82, 2.24) is 0 Å². The van der Waals surface area contributed by atoms with Gasteiger partial charge in [0.15, 0.2) is 11.9 Å². The highest BCUT2D eigenvalue weighted by atomic mass is 32.2. The molecule has 32 heavy (non-hydrogen) atoms. The SMILES string of the molecule is COC(C)C(=O)OCCC(CCC(C)=O)C(=O)Nc1cccc2cccc(OS(=O)O)c12. The zero-order valence-electron chi connectivity index (χ0n) is 18.2. The van der Waals surface area contributed by atoms with Crippen molar-refractivity contribution in [3.8, 4) is 5.75 Å². The summed E-state index contributed by atoms with van der Waals surface area (Å²) in [6.45, 7) is 3.00. The van der Waals surface area contributed by atoms with Crippen LogP contribution in [0.3, 0.4) is 0 Å². The molecule has 0 saturated heterocycles. The first kappa shape index (κ1) is 25.4. The number of ketones is 1. The van der Waals surface area contributed by atoms with Gasteiger partial charge in [0, 0.05) is 24.8 Å². The number of Topliss-reactive ketones (excluding diaryl/α,β-unsaturated/α-hetero) is 1. The van der Waals surface area contributed by atoms with Crippen LogP contribution in [0.25, 0.3) is 10.8 Å². The Labute approximate surface area is 188 Å². The monoisotopic (exact) mass is 465 g/mol. The van der Waals surface area contributed by atoms with Crippen LogP contribution < -0.4 is 9.50 Å². The van der Waals surface area contributed by atoms with Gasteiger partial charge >= 0.3 is 17.3 Å². The molecule has 2 aromatic rings. The summed E-state index contributed by atoms with van der Waals surface area (Å²) in [4.78, 5) is 36.3. The number of carbonyl (C=O) groups excluding carboxylic acids is 3. The molecule has 174 valence electrons. The molecule has 10 heteroatoms. The maximum atomic E-state index is 13.0. The molecule has 0 fully saturated rings. The topological polar surface area (TPSA) is 128 Å². The van der Waals surface area contributed by atoms with Gasteiger partial charge in [-0.2, -0.15) is 4.21 Å². The number of ether oxygens (including phenoxy) is 2. The van der Waals surface area contributed by atoms with Crippen LogP contribution in [0.1, 0.15) is 33.1 Å². The third-order valence-corrected chi connectivity index (χ3v) is 5.22. The second-order valence-electron chi connectivity index (χ2n) is 7.22. The Kier molecular flexibility index (Phi) is 9.76. The fraction of sp³-hybridized carbons (Fsp3) is 0.409. The molecule has 1 amide bonds. The quantitative estimate of drug-likeness (QED) is 0.361. The summed E-state index contributed by atoms with van der Waals surface area (Å²) in [5.41, 5.74) is 0.395. The molecule has 0 saturated carbocycles. The highest BCUT2D eigenvalue weighted by Crippen LogP contribution is 2.33. The molecular formula is C22H27NO8S. The number of nitrogens with one attached hydrogen (secondary N) is 1. The molecular weight excluding hydrogens is 438 g/mol. The van der Waals surface area contributed by atoms with E-state index in [1.54, 1.807) is 37.3 Å². The van der Waals surface area contributed by atoms with E-state index >= 15 is 0 Å². The Bertz CT molecular complexity index is 988. The summed E-state index contributed by atoms with van der Waals surface area (Å²) < 4.78 is 35.3. The Morgan fingerprint density at radius 3 is 2.44 bits per heavy atom. The summed E-state index contributed by atoms with van der Waals surface area (Å²) in [7, 11) is 1.39. The van der Waals surface area contributed by atoms with Crippen molar-refractivity contribution in [3.05, 3.63) is 36.4 Å². The molecule has 0 heterocycles. The highest BCUT2D eigenvalue weighted by Gasteiger charge is 2.22. The average Bonchev–Trinajstić information content (AvgIpc) is 2.74. The highest BCUT2D eigenvalue weighted by molar-refractivity contribution is 7.74. The number of hydrogen-bond donors (Lipinski definition) is 2. The Hall–Kier alpha value is -2.82. The van der Waals surface area contributed by atoms with Gasteiger partial charge in [0.1, 0.15) is 5.78 Å². The van der Waals surface area contributed by atoms with E-state index in [2.05, 4.69) is 5.32 Å². The van der Waals surface area contributed by atoms with E-state index in [9.17, 15) is 18.6 Å². The van der Waals surface area contributed by atoms with Crippen molar-refractivity contribution in [3.63, 3.8) is 0 Å². The molecule has 0 aliphatic carbocycles. The van der Waals surface area contributed by atoms with Gasteiger partial charge in [0.25, 0.3) is 0 Å². The van der Waals surface area contributed by atoms with Crippen molar-refractivity contribution in [2.24, 2.45) is 5.92 Å². The Morgan fingerprint density at radius 1 is 1.12 bits per heavy atom. The van der Waals surface area contributed by atoms with Crippen LogP contribution in [0.15, 0.2) is 36.4 Å². The summed E-state index contributed by atoms with van der Waals surface area (Å²) in [6, 6.07) is 10.1. The Balaban J connectivity index is 2.21. The summed E-state index contributed by atoms with van der Waals surface area (Å²) >= 11 is -2.53. The maximum Gasteiger partial charge on any atom is 0.357 e. The van der Waals surface area contributed by atoms with Crippen molar-refractivity contribution >= 4 is 45.5 Å². The van der Waals surface area contributed by atoms with Crippen LogP contribution in [0.4, 0.5) is 5.69 Å². The molecule has 2 aromatic carbocycles. The van der Waals surface area contributed by atoms with E-state index < -0.39 is 29.4 Å². The minimum absolute atomic E-state index is 0.00405. The van der Waals surface area contributed by atoms with E-state index in [-0.39, 0.29) is 43.3 Å². The lowest BCUT2D eigenvalue weighted by molar-refractivity contribution is -0.155. The first-order valence-corrected chi connectivity index (χ1v) is 11.1. The lowest BCUT2D eigenvalue weighted by atomic mass is 9.97. The van der Waals surface area contributed by atoms with E-state index in [1.165, 1.54) is 20.1 Å². The third-order valence-electron chi connectivity index (χ3n) is 4.90. The summed E-state index contributed by atoms with van der Waals surface area (Å²) in [5.74, 6) is -1.42. The van der Waals surface area contributed by atoms with Gasteiger partial charge in [-0.05, 0) is 44.2 Å². The van der Waals surface area contributed by atoms with Crippen LogP contribution in [0.5, 0.6) is 5.75 Å². The standard InChI is InChI=1S/C22H27NO8S/c1-14(24)10-11-17(12-13-30-22(26)15(2)29-3)21(25)23-18-8-4-6-16-7-5-9-19(20(16)18)31-32(27)28/h4-9,15,17H,10-13H2,1-3H3,(H,23,25)(H,27,28). The number of amides is 1. The number of methoxy groups -OCH3 is 1. The van der Waals surface area contributed by atoms with Crippen LogP contribution in [0.2, 0.25) is 0 Å². The van der Waals surface area contributed by atoms with Crippen molar-refractivity contribution in [1.29, 1.82) is 0 Å². The van der Waals surface area contributed by atoms with Crippen LogP contribution in [0, 0.1) is 5.92 Å². The number of esters is 1. The van der Waals surface area contributed by atoms with Crippen LogP contribution in [-0.2, 0) is 35.2 Å². The number of carbonyl (C=O) groups is 3. The molecule has 0 aromatic heterocycles. The number of anilines is 1. The van der Waals surface area contributed by atoms with E-state index in [0.29, 0.717) is 16.5 Å². The molecule has 9 nitrogen and oxygen atoms in total. The third kappa shape index (κ3) is 7.40. The van der Waals surface area contributed by atoms with Crippen LogP contribution >= 0.6 is 0 Å². The molecule has 2 rings (SSSR count). The lowest BCUT2D eigenvalue weighted by Gasteiger charge is -2.18. The predicted molar refractivity (Wildman–Crippen MR) is 119 cm³/mol. The summed E-state index contributed by atoms with van der Waals surface area (Å²) in [5, 5.41) is 3.99. The molecule has 0 aliphatic heterocycles. The molecule has 3 atom stereocenters. The normalized spacial score (nSPS) is 13.8. The minimum Gasteiger partial charge on any atom is -0.464 e. The van der Waals surface area contributed by atoms with Crippen molar-refractivity contribution < 1.29 is 36.8 Å². The van der Waals surface area contributed by atoms with E-state index in [4.69, 9.17) is 18.2 Å². The number of rotatable bonds is 12.